The van der Waals surface area contributed by atoms with Crippen LogP contribution in [0.3, 0.4) is 0 Å². The van der Waals surface area contributed by atoms with Gasteiger partial charge in [0, 0.05) is 6.04 Å². The van der Waals surface area contributed by atoms with Crippen LogP contribution < -0.4 is 11.1 Å². The van der Waals surface area contributed by atoms with E-state index in [1.165, 1.54) is 25.7 Å². The third-order valence-electron chi connectivity index (χ3n) is 3.73. The average Bonchev–Trinajstić information content (AvgIpc) is 2.85. The van der Waals surface area contributed by atoms with Crippen molar-refractivity contribution in [1.29, 1.82) is 0 Å². The van der Waals surface area contributed by atoms with Crippen molar-refractivity contribution in [3.8, 4) is 0 Å². The van der Waals surface area contributed by atoms with Gasteiger partial charge >= 0.3 is 0 Å². The van der Waals surface area contributed by atoms with Crippen LogP contribution in [0.4, 0.5) is 0 Å². The Bertz CT molecular complexity index is 282. The van der Waals surface area contributed by atoms with Crippen LogP contribution in [0.2, 0.25) is 0 Å². The van der Waals surface area contributed by atoms with Crippen molar-refractivity contribution in [3.05, 3.63) is 0 Å². The van der Waals surface area contributed by atoms with Crippen LogP contribution in [-0.2, 0) is 4.74 Å². The predicted molar refractivity (Wildman–Crippen MR) is 70.1 cm³/mol. The fourth-order valence-corrected chi connectivity index (χ4v) is 2.73. The molecular weight excluding hydrogens is 214 g/mol. The van der Waals surface area contributed by atoms with Crippen molar-refractivity contribution in [2.75, 3.05) is 6.54 Å². The molecular formula is C13H25N3O. The van der Waals surface area contributed by atoms with Gasteiger partial charge in [-0.3, -0.25) is 4.99 Å². The van der Waals surface area contributed by atoms with Gasteiger partial charge in [-0.2, -0.15) is 0 Å². The minimum atomic E-state index is 0.0217. The minimum Gasteiger partial charge on any atom is -0.370 e. The highest BCUT2D eigenvalue weighted by atomic mass is 16.5. The van der Waals surface area contributed by atoms with Gasteiger partial charge < -0.3 is 15.8 Å². The van der Waals surface area contributed by atoms with Gasteiger partial charge in [-0.15, -0.1) is 0 Å². The Morgan fingerprint density at radius 2 is 2.06 bits per heavy atom. The van der Waals surface area contributed by atoms with Gasteiger partial charge in [-0.05, 0) is 39.5 Å². The molecule has 0 bridgehead atoms. The summed E-state index contributed by atoms with van der Waals surface area (Å²) in [6.07, 6.45) is 7.52. The molecule has 2 rings (SSSR count). The van der Waals surface area contributed by atoms with Crippen LogP contribution in [-0.4, -0.2) is 30.3 Å². The summed E-state index contributed by atoms with van der Waals surface area (Å²) in [6.45, 7) is 4.96. The Morgan fingerprint density at radius 3 is 2.65 bits per heavy atom. The number of nitrogens with two attached hydrogens (primary N) is 1. The molecule has 1 heterocycles. The molecule has 0 aromatic carbocycles. The molecule has 1 aliphatic heterocycles. The number of guanidine groups is 1. The van der Waals surface area contributed by atoms with Crippen LogP contribution in [0.1, 0.15) is 52.4 Å². The number of aliphatic imine (C=N–C) groups is 1. The second-order valence-electron chi connectivity index (χ2n) is 5.89. The molecule has 17 heavy (non-hydrogen) atoms. The van der Waals surface area contributed by atoms with E-state index in [9.17, 15) is 0 Å². The Labute approximate surface area is 104 Å². The number of ether oxygens (including phenoxy) is 1. The first-order chi connectivity index (χ1) is 8.05. The Kier molecular flexibility index (Phi) is 3.92. The molecule has 3 N–H and O–H groups in total. The predicted octanol–water partition coefficient (Wildman–Crippen LogP) is 1.79. The molecule has 2 fully saturated rings. The maximum atomic E-state index is 5.88. The third kappa shape index (κ3) is 3.87. The number of nitrogens with zero attached hydrogens (tertiary/aromatic N) is 1. The van der Waals surface area contributed by atoms with Crippen molar-refractivity contribution in [1.82, 2.24) is 5.32 Å². The Hall–Kier alpha value is -0.770. The maximum Gasteiger partial charge on any atom is 0.188 e. The van der Waals surface area contributed by atoms with Gasteiger partial charge in [0.2, 0.25) is 0 Å². The molecule has 0 aromatic rings. The summed E-state index contributed by atoms with van der Waals surface area (Å²) >= 11 is 0. The second kappa shape index (κ2) is 5.25. The topological polar surface area (TPSA) is 59.6 Å². The molecule has 0 radical (unpaired) electrons. The Balaban J connectivity index is 1.72. The van der Waals surface area contributed by atoms with Crippen molar-refractivity contribution >= 4 is 5.96 Å². The molecule has 1 unspecified atom stereocenters. The first kappa shape index (κ1) is 12.7. The van der Waals surface area contributed by atoms with Crippen LogP contribution in [0.25, 0.3) is 0 Å². The molecule has 4 nitrogen and oxygen atoms in total. The van der Waals surface area contributed by atoms with Gasteiger partial charge in [-0.25, -0.2) is 0 Å². The molecule has 0 amide bonds. The molecule has 1 saturated carbocycles. The first-order valence-corrected chi connectivity index (χ1v) is 6.79. The van der Waals surface area contributed by atoms with Gasteiger partial charge in [-0.1, -0.05) is 12.8 Å². The number of nitrogens with one attached hydrogen (secondary N) is 1. The van der Waals surface area contributed by atoms with E-state index in [1.807, 2.05) is 0 Å². The zero-order valence-corrected chi connectivity index (χ0v) is 11.0. The van der Waals surface area contributed by atoms with Crippen molar-refractivity contribution in [3.63, 3.8) is 0 Å². The lowest BCUT2D eigenvalue weighted by Crippen LogP contribution is -2.39. The zero-order valence-electron chi connectivity index (χ0n) is 11.0. The summed E-state index contributed by atoms with van der Waals surface area (Å²) < 4.78 is 5.88. The van der Waals surface area contributed by atoms with E-state index in [0.29, 0.717) is 18.5 Å². The maximum absolute atomic E-state index is 5.88. The highest BCUT2D eigenvalue weighted by molar-refractivity contribution is 5.78. The number of hydrogen-bond donors (Lipinski definition) is 2. The lowest BCUT2D eigenvalue weighted by Gasteiger charge is -2.18. The third-order valence-corrected chi connectivity index (χ3v) is 3.73. The highest BCUT2D eigenvalue weighted by Crippen LogP contribution is 2.29. The van der Waals surface area contributed by atoms with Crippen LogP contribution in [0, 0.1) is 0 Å². The molecule has 1 aliphatic carbocycles. The summed E-state index contributed by atoms with van der Waals surface area (Å²) in [6, 6.07) is 0.541. The van der Waals surface area contributed by atoms with Crippen LogP contribution in [0.15, 0.2) is 4.99 Å². The smallest absolute Gasteiger partial charge is 0.188 e. The Morgan fingerprint density at radius 1 is 1.35 bits per heavy atom. The lowest BCUT2D eigenvalue weighted by molar-refractivity contribution is -0.0106. The molecule has 2 aliphatic rings. The second-order valence-corrected chi connectivity index (χ2v) is 5.89. The lowest BCUT2D eigenvalue weighted by atomic mass is 10.1. The standard InChI is InChI=1S/C13H25N3O/c1-13(2)8-7-11(17-13)9-15-12(14)16-10-5-3-4-6-10/h10-11H,3-9H2,1-2H3,(H3,14,15,16). The molecule has 0 aromatic heterocycles. The fourth-order valence-electron chi connectivity index (χ4n) is 2.73. The highest BCUT2D eigenvalue weighted by Gasteiger charge is 2.31. The monoisotopic (exact) mass is 239 g/mol. The van der Waals surface area contributed by atoms with Gasteiger partial charge in [0.1, 0.15) is 0 Å². The summed E-state index contributed by atoms with van der Waals surface area (Å²) in [4.78, 5) is 4.39. The van der Waals surface area contributed by atoms with E-state index in [-0.39, 0.29) is 11.7 Å². The summed E-state index contributed by atoms with van der Waals surface area (Å²) in [5.41, 5.74) is 5.90. The summed E-state index contributed by atoms with van der Waals surface area (Å²) in [7, 11) is 0. The average molecular weight is 239 g/mol. The summed E-state index contributed by atoms with van der Waals surface area (Å²) in [5, 5.41) is 3.30. The van der Waals surface area contributed by atoms with E-state index >= 15 is 0 Å². The van der Waals surface area contributed by atoms with Crippen molar-refractivity contribution in [2.45, 2.75) is 70.1 Å². The van der Waals surface area contributed by atoms with Crippen LogP contribution in [0.5, 0.6) is 0 Å². The van der Waals surface area contributed by atoms with E-state index in [0.717, 1.165) is 12.8 Å². The number of hydrogen-bond acceptors (Lipinski definition) is 2. The quantitative estimate of drug-likeness (QED) is 0.583. The van der Waals surface area contributed by atoms with Gasteiger partial charge in [0.05, 0.1) is 18.2 Å². The minimum absolute atomic E-state index is 0.0217. The zero-order chi connectivity index (χ0) is 12.3. The van der Waals surface area contributed by atoms with Crippen molar-refractivity contribution < 1.29 is 4.74 Å². The summed E-state index contributed by atoms with van der Waals surface area (Å²) in [5.74, 6) is 0.588. The van der Waals surface area contributed by atoms with Crippen molar-refractivity contribution in [2.24, 2.45) is 10.7 Å². The first-order valence-electron chi connectivity index (χ1n) is 6.79. The van der Waals surface area contributed by atoms with E-state index in [4.69, 9.17) is 10.5 Å². The fraction of sp³-hybridized carbons (Fsp3) is 0.923. The normalized spacial score (nSPS) is 29.8. The largest absolute Gasteiger partial charge is 0.370 e. The van der Waals surface area contributed by atoms with E-state index < -0.39 is 0 Å². The molecule has 0 spiro atoms. The molecule has 98 valence electrons. The molecule has 1 atom stereocenters. The van der Waals surface area contributed by atoms with E-state index in [1.54, 1.807) is 0 Å². The van der Waals surface area contributed by atoms with E-state index in [2.05, 4.69) is 24.2 Å². The van der Waals surface area contributed by atoms with Crippen LogP contribution >= 0.6 is 0 Å². The van der Waals surface area contributed by atoms with Gasteiger partial charge in [0.15, 0.2) is 5.96 Å². The SMILES string of the molecule is CC1(C)CCC(CN=C(N)NC2CCCC2)O1. The number of rotatable bonds is 3. The molecule has 1 saturated heterocycles. The molecule has 4 heteroatoms. The van der Waals surface area contributed by atoms with Gasteiger partial charge in [0.25, 0.3) is 0 Å².